The third kappa shape index (κ3) is 2.77. The summed E-state index contributed by atoms with van der Waals surface area (Å²) in [5.74, 6) is -2.34. The van der Waals surface area contributed by atoms with E-state index in [0.717, 1.165) is 6.07 Å². The highest BCUT2D eigenvalue weighted by atomic mass is 19.2. The summed E-state index contributed by atoms with van der Waals surface area (Å²) in [6, 6.07) is 3.87. The van der Waals surface area contributed by atoms with E-state index in [-0.39, 0.29) is 18.7 Å². The fourth-order valence-corrected chi connectivity index (χ4v) is 1.01. The van der Waals surface area contributed by atoms with Crippen LogP contribution in [0.15, 0.2) is 18.2 Å². The molecule has 0 aliphatic heterocycles. The van der Waals surface area contributed by atoms with Crippen LogP contribution in [0.1, 0.15) is 5.56 Å². The summed E-state index contributed by atoms with van der Waals surface area (Å²) in [5, 5.41) is 2.59. The number of amides is 1. The lowest BCUT2D eigenvalue weighted by Gasteiger charge is -2.04. The molecule has 0 aliphatic carbocycles. The fraction of sp³-hybridized carbons (Fsp3) is 0.222. The van der Waals surface area contributed by atoms with Crippen LogP contribution in [0, 0.1) is 11.6 Å². The average Bonchev–Trinajstić information content (AvgIpc) is 2.12. The molecule has 76 valence electrons. The second-order valence-corrected chi connectivity index (χ2v) is 2.78. The summed E-state index contributed by atoms with van der Waals surface area (Å²) in [4.78, 5) is 10.3. The molecule has 0 atom stereocenters. The van der Waals surface area contributed by atoms with Gasteiger partial charge in [-0.25, -0.2) is 8.78 Å². The van der Waals surface area contributed by atoms with Crippen LogP contribution in [-0.4, -0.2) is 12.5 Å². The summed E-state index contributed by atoms with van der Waals surface area (Å²) in [5.41, 5.74) is 5.03. The first-order valence-electron chi connectivity index (χ1n) is 4.03. The van der Waals surface area contributed by atoms with E-state index in [0.29, 0.717) is 0 Å². The van der Waals surface area contributed by atoms with E-state index in [4.69, 9.17) is 5.73 Å². The van der Waals surface area contributed by atoms with Crippen molar-refractivity contribution in [2.45, 2.75) is 6.54 Å². The molecule has 0 radical (unpaired) electrons. The topological polar surface area (TPSA) is 55.1 Å². The largest absolute Gasteiger partial charge is 0.369 e. The first kappa shape index (κ1) is 10.6. The van der Waals surface area contributed by atoms with Gasteiger partial charge in [0.25, 0.3) is 0 Å². The molecule has 1 aromatic rings. The molecule has 5 heteroatoms. The predicted molar refractivity (Wildman–Crippen MR) is 47.3 cm³/mol. The Labute approximate surface area is 79.9 Å². The fourth-order valence-electron chi connectivity index (χ4n) is 1.01. The molecule has 0 aromatic heterocycles. The minimum atomic E-state index is -0.900. The molecular formula is C9H10F2N2O. The van der Waals surface area contributed by atoms with Gasteiger partial charge in [0, 0.05) is 12.1 Å². The van der Waals surface area contributed by atoms with Gasteiger partial charge in [0.05, 0.1) is 6.54 Å². The van der Waals surface area contributed by atoms with Gasteiger partial charge in [-0.1, -0.05) is 12.1 Å². The monoisotopic (exact) mass is 200 g/mol. The lowest BCUT2D eigenvalue weighted by Crippen LogP contribution is -2.28. The summed E-state index contributed by atoms with van der Waals surface area (Å²) >= 11 is 0. The highest BCUT2D eigenvalue weighted by molar-refractivity contribution is 5.75. The molecular weight excluding hydrogens is 190 g/mol. The number of benzene rings is 1. The van der Waals surface area contributed by atoms with Gasteiger partial charge >= 0.3 is 0 Å². The number of primary amides is 1. The Kier molecular flexibility index (Phi) is 3.53. The summed E-state index contributed by atoms with van der Waals surface area (Å²) in [7, 11) is 0. The molecule has 0 saturated heterocycles. The number of nitrogens with two attached hydrogens (primary N) is 1. The summed E-state index contributed by atoms with van der Waals surface area (Å²) in [6.45, 7) is 0.0164. The van der Waals surface area contributed by atoms with Crippen LogP contribution >= 0.6 is 0 Å². The maximum absolute atomic E-state index is 13.0. The Balaban J connectivity index is 2.59. The number of carbonyl (C=O) groups excluding carboxylic acids is 1. The lowest BCUT2D eigenvalue weighted by atomic mass is 10.2. The average molecular weight is 200 g/mol. The van der Waals surface area contributed by atoms with Crippen molar-refractivity contribution >= 4 is 5.91 Å². The number of nitrogens with one attached hydrogen (secondary N) is 1. The number of hydrogen-bond acceptors (Lipinski definition) is 2. The Bertz CT molecular complexity index is 342. The molecule has 0 aliphatic rings. The van der Waals surface area contributed by atoms with Gasteiger partial charge < -0.3 is 11.1 Å². The maximum atomic E-state index is 13.0. The highest BCUT2D eigenvalue weighted by Crippen LogP contribution is 2.10. The Morgan fingerprint density at radius 2 is 2.14 bits per heavy atom. The van der Waals surface area contributed by atoms with Gasteiger partial charge in [0.2, 0.25) is 5.91 Å². The van der Waals surface area contributed by atoms with E-state index in [1.54, 1.807) is 0 Å². The van der Waals surface area contributed by atoms with Gasteiger partial charge in [-0.15, -0.1) is 0 Å². The van der Waals surface area contributed by atoms with Gasteiger partial charge in [-0.05, 0) is 6.07 Å². The van der Waals surface area contributed by atoms with Crippen LogP contribution in [0.2, 0.25) is 0 Å². The van der Waals surface area contributed by atoms with Gasteiger partial charge in [-0.3, -0.25) is 4.79 Å². The summed E-state index contributed by atoms with van der Waals surface area (Å²) in [6.07, 6.45) is 0. The van der Waals surface area contributed by atoms with E-state index >= 15 is 0 Å². The molecule has 1 rings (SSSR count). The molecule has 0 unspecified atom stereocenters. The van der Waals surface area contributed by atoms with Crippen molar-refractivity contribution < 1.29 is 13.6 Å². The number of halogens is 2. The van der Waals surface area contributed by atoms with Crippen molar-refractivity contribution in [3.05, 3.63) is 35.4 Å². The molecule has 3 N–H and O–H groups in total. The minimum absolute atomic E-state index is 0.0596. The normalized spacial score (nSPS) is 10.1. The van der Waals surface area contributed by atoms with Crippen LogP contribution in [0.5, 0.6) is 0 Å². The Hall–Kier alpha value is -1.49. The third-order valence-electron chi connectivity index (χ3n) is 1.65. The minimum Gasteiger partial charge on any atom is -0.369 e. The van der Waals surface area contributed by atoms with E-state index in [1.807, 2.05) is 0 Å². The predicted octanol–water partition coefficient (Wildman–Crippen LogP) is 0.540. The van der Waals surface area contributed by atoms with E-state index in [1.165, 1.54) is 12.1 Å². The summed E-state index contributed by atoms with van der Waals surface area (Å²) < 4.78 is 25.7. The molecule has 0 fully saturated rings. The highest BCUT2D eigenvalue weighted by Gasteiger charge is 2.06. The SMILES string of the molecule is NC(=O)CNCc1cccc(F)c1F. The first-order chi connectivity index (χ1) is 6.61. The van der Waals surface area contributed by atoms with Gasteiger partial charge in [0.15, 0.2) is 11.6 Å². The van der Waals surface area contributed by atoms with E-state index < -0.39 is 17.5 Å². The van der Waals surface area contributed by atoms with E-state index in [9.17, 15) is 13.6 Å². The Morgan fingerprint density at radius 3 is 2.79 bits per heavy atom. The molecule has 0 heterocycles. The van der Waals surface area contributed by atoms with Gasteiger partial charge in [-0.2, -0.15) is 0 Å². The van der Waals surface area contributed by atoms with Crippen LogP contribution in [0.4, 0.5) is 8.78 Å². The number of rotatable bonds is 4. The van der Waals surface area contributed by atoms with Crippen LogP contribution in [-0.2, 0) is 11.3 Å². The quantitative estimate of drug-likeness (QED) is 0.745. The lowest BCUT2D eigenvalue weighted by molar-refractivity contribution is -0.117. The van der Waals surface area contributed by atoms with Crippen LogP contribution in [0.3, 0.4) is 0 Å². The number of carbonyl (C=O) groups is 1. The first-order valence-corrected chi connectivity index (χ1v) is 4.03. The second-order valence-electron chi connectivity index (χ2n) is 2.78. The molecule has 1 amide bonds. The van der Waals surface area contributed by atoms with Crippen molar-refractivity contribution in [1.82, 2.24) is 5.32 Å². The second kappa shape index (κ2) is 4.66. The van der Waals surface area contributed by atoms with Gasteiger partial charge in [0.1, 0.15) is 0 Å². The molecule has 0 saturated carbocycles. The third-order valence-corrected chi connectivity index (χ3v) is 1.65. The molecule has 14 heavy (non-hydrogen) atoms. The zero-order valence-corrected chi connectivity index (χ0v) is 7.39. The molecule has 0 bridgehead atoms. The molecule has 0 spiro atoms. The zero-order valence-electron chi connectivity index (χ0n) is 7.39. The van der Waals surface area contributed by atoms with Crippen LogP contribution < -0.4 is 11.1 Å². The smallest absolute Gasteiger partial charge is 0.231 e. The van der Waals surface area contributed by atoms with Crippen molar-refractivity contribution in [3.8, 4) is 0 Å². The molecule has 1 aromatic carbocycles. The van der Waals surface area contributed by atoms with Crippen molar-refractivity contribution in [1.29, 1.82) is 0 Å². The van der Waals surface area contributed by atoms with Crippen LogP contribution in [0.25, 0.3) is 0 Å². The molecule has 3 nitrogen and oxygen atoms in total. The standard InChI is InChI=1S/C9H10F2N2O/c10-7-3-1-2-6(9(7)11)4-13-5-8(12)14/h1-3,13H,4-5H2,(H2,12,14). The number of hydrogen-bond donors (Lipinski definition) is 2. The van der Waals surface area contributed by atoms with Crippen molar-refractivity contribution in [2.75, 3.05) is 6.54 Å². The maximum Gasteiger partial charge on any atom is 0.231 e. The Morgan fingerprint density at radius 1 is 1.43 bits per heavy atom. The van der Waals surface area contributed by atoms with Crippen molar-refractivity contribution in [3.63, 3.8) is 0 Å². The van der Waals surface area contributed by atoms with Crippen molar-refractivity contribution in [2.24, 2.45) is 5.73 Å². The zero-order chi connectivity index (χ0) is 10.6. The van der Waals surface area contributed by atoms with E-state index in [2.05, 4.69) is 5.32 Å².